The molecule has 0 radical (unpaired) electrons. The highest BCUT2D eigenvalue weighted by Crippen LogP contribution is 2.38. The van der Waals surface area contributed by atoms with Crippen molar-refractivity contribution < 1.29 is 32.9 Å². The van der Waals surface area contributed by atoms with Crippen LogP contribution in [0.3, 0.4) is 0 Å². The Hall–Kier alpha value is -0.500. The number of hydrogen-bond donors (Lipinski definition) is 2. The molecule has 234 valence electrons. The minimum absolute atomic E-state index is 0.0146. The second-order valence-corrected chi connectivity index (χ2v) is 13.6. The fourth-order valence-electron chi connectivity index (χ4n) is 4.45. The van der Waals surface area contributed by atoms with Gasteiger partial charge in [0.1, 0.15) is 13.2 Å². The van der Waals surface area contributed by atoms with Crippen molar-refractivity contribution in [2.75, 3.05) is 40.9 Å². The number of carbonyl (C=O) groups is 1. The normalized spacial score (nSPS) is 15.2. The van der Waals surface area contributed by atoms with E-state index in [1.165, 1.54) is 70.6 Å². The molecule has 3 atom stereocenters. The first kappa shape index (κ1) is 38.5. The Balaban J connectivity index is 4.58. The van der Waals surface area contributed by atoms with Crippen molar-refractivity contribution in [1.29, 1.82) is 0 Å². The van der Waals surface area contributed by atoms with Crippen LogP contribution in [0.4, 0.5) is 0 Å². The molecule has 0 heterocycles. The topological polar surface area (TPSA) is 108 Å². The molecule has 0 saturated heterocycles. The Kier molecular flexibility index (Phi) is 23.8. The van der Waals surface area contributed by atoms with Crippen LogP contribution in [0, 0.1) is 0 Å². The molecule has 3 unspecified atom stereocenters. The van der Waals surface area contributed by atoms with E-state index in [9.17, 15) is 19.4 Å². The van der Waals surface area contributed by atoms with Crippen molar-refractivity contribution in [1.82, 2.24) is 5.32 Å². The van der Waals surface area contributed by atoms with E-state index in [2.05, 4.69) is 19.2 Å². The number of nitrogens with zero attached hydrogens (tertiary/aromatic N) is 1. The van der Waals surface area contributed by atoms with E-state index in [4.69, 9.17) is 9.05 Å². The summed E-state index contributed by atoms with van der Waals surface area (Å²) in [6.07, 6.45) is 19.7. The zero-order chi connectivity index (χ0) is 29.4. The molecule has 0 aliphatic heterocycles. The van der Waals surface area contributed by atoms with Crippen LogP contribution in [0.2, 0.25) is 0 Å². The van der Waals surface area contributed by atoms with E-state index < -0.39 is 20.0 Å². The third kappa shape index (κ3) is 26.2. The van der Waals surface area contributed by atoms with Gasteiger partial charge in [-0.2, -0.15) is 0 Å². The van der Waals surface area contributed by atoms with Crippen LogP contribution in [-0.4, -0.2) is 68.5 Å². The number of carbonyl (C=O) groups excluding carboxylic acids is 1. The summed E-state index contributed by atoms with van der Waals surface area (Å²) in [6, 6.07) is -0.787. The van der Waals surface area contributed by atoms with Gasteiger partial charge in [0.2, 0.25) is 5.91 Å². The van der Waals surface area contributed by atoms with E-state index in [0.717, 1.165) is 38.5 Å². The fourth-order valence-corrected chi connectivity index (χ4v) is 5.17. The van der Waals surface area contributed by atoms with Crippen LogP contribution in [0.25, 0.3) is 0 Å². The molecule has 2 N–H and O–H groups in total. The summed E-state index contributed by atoms with van der Waals surface area (Å²) < 4.78 is 22.9. The van der Waals surface area contributed by atoms with Gasteiger partial charge in [-0.3, -0.25) is 9.36 Å². The molecule has 0 spiro atoms. The quantitative estimate of drug-likeness (QED) is 0.0624. The summed E-state index contributed by atoms with van der Waals surface area (Å²) in [5.74, 6) is -0.173. The Morgan fingerprint density at radius 1 is 0.795 bits per heavy atom. The standard InChI is InChI=1S/C30H63N2O6P/c1-6-8-10-12-14-16-18-20-22-24-30(34)31-28(27-38-39(35,36)37-26-25-32(3,4)5)29(33)23-21-19-17-15-13-11-9-7-2/h28-29,33H,6-27H2,1-5H3,(H-,31,34,35,36). The van der Waals surface area contributed by atoms with E-state index in [1.807, 2.05) is 21.1 Å². The molecule has 0 bridgehead atoms. The van der Waals surface area contributed by atoms with Gasteiger partial charge in [0.25, 0.3) is 7.82 Å². The van der Waals surface area contributed by atoms with Gasteiger partial charge in [-0.25, -0.2) is 0 Å². The van der Waals surface area contributed by atoms with Gasteiger partial charge >= 0.3 is 0 Å². The number of quaternary nitrogens is 1. The lowest BCUT2D eigenvalue weighted by atomic mass is 10.0. The molecular formula is C30H63N2O6P. The number of amides is 1. The van der Waals surface area contributed by atoms with Crippen LogP contribution in [0.15, 0.2) is 0 Å². The Morgan fingerprint density at radius 2 is 1.26 bits per heavy atom. The number of phosphoric ester groups is 1. The van der Waals surface area contributed by atoms with Gasteiger partial charge in [-0.1, -0.05) is 117 Å². The molecular weight excluding hydrogens is 515 g/mol. The van der Waals surface area contributed by atoms with Crippen molar-refractivity contribution in [3.05, 3.63) is 0 Å². The zero-order valence-electron chi connectivity index (χ0n) is 26.1. The largest absolute Gasteiger partial charge is 0.756 e. The Bertz CT molecular complexity index is 629. The monoisotopic (exact) mass is 578 g/mol. The lowest BCUT2D eigenvalue weighted by molar-refractivity contribution is -0.870. The summed E-state index contributed by atoms with van der Waals surface area (Å²) in [5, 5.41) is 13.6. The summed E-state index contributed by atoms with van der Waals surface area (Å²) >= 11 is 0. The highest BCUT2D eigenvalue weighted by atomic mass is 31.2. The fraction of sp³-hybridized carbons (Fsp3) is 0.967. The zero-order valence-corrected chi connectivity index (χ0v) is 27.0. The summed E-state index contributed by atoms with van der Waals surface area (Å²) in [5.41, 5.74) is 0. The molecule has 0 aromatic heterocycles. The summed E-state index contributed by atoms with van der Waals surface area (Å²) in [7, 11) is 1.30. The van der Waals surface area contributed by atoms with Crippen LogP contribution in [0.5, 0.6) is 0 Å². The van der Waals surface area contributed by atoms with E-state index in [1.54, 1.807) is 0 Å². The van der Waals surface area contributed by atoms with Crippen LogP contribution >= 0.6 is 7.82 Å². The maximum Gasteiger partial charge on any atom is 0.268 e. The van der Waals surface area contributed by atoms with E-state index in [0.29, 0.717) is 23.9 Å². The minimum atomic E-state index is -4.53. The molecule has 0 saturated carbocycles. The highest BCUT2D eigenvalue weighted by molar-refractivity contribution is 7.45. The van der Waals surface area contributed by atoms with Crippen molar-refractivity contribution in [2.45, 2.75) is 148 Å². The van der Waals surface area contributed by atoms with Crippen molar-refractivity contribution >= 4 is 13.7 Å². The molecule has 0 aromatic rings. The number of phosphoric acid groups is 1. The number of likely N-dealkylation sites (N-methyl/N-ethyl adjacent to an activating group) is 1. The second-order valence-electron chi connectivity index (χ2n) is 12.2. The predicted octanol–water partition coefficient (Wildman–Crippen LogP) is 6.49. The van der Waals surface area contributed by atoms with Gasteiger partial charge in [-0.15, -0.1) is 0 Å². The number of unbranched alkanes of at least 4 members (excludes halogenated alkanes) is 15. The average molecular weight is 579 g/mol. The smallest absolute Gasteiger partial charge is 0.268 e. The number of aliphatic hydroxyl groups is 1. The van der Waals surface area contributed by atoms with E-state index in [-0.39, 0.29) is 19.1 Å². The minimum Gasteiger partial charge on any atom is -0.756 e. The third-order valence-corrected chi connectivity index (χ3v) is 8.06. The molecule has 39 heavy (non-hydrogen) atoms. The number of aliphatic hydroxyl groups excluding tert-OH is 1. The van der Waals surface area contributed by atoms with Crippen molar-refractivity contribution in [2.24, 2.45) is 0 Å². The highest BCUT2D eigenvalue weighted by Gasteiger charge is 2.24. The molecule has 8 nitrogen and oxygen atoms in total. The third-order valence-electron chi connectivity index (χ3n) is 7.10. The summed E-state index contributed by atoms with van der Waals surface area (Å²) in [4.78, 5) is 24.9. The summed E-state index contributed by atoms with van der Waals surface area (Å²) in [6.45, 7) is 4.63. The maximum atomic E-state index is 12.6. The number of hydrogen-bond acceptors (Lipinski definition) is 6. The number of rotatable bonds is 28. The first-order chi connectivity index (χ1) is 18.5. The molecule has 0 rings (SSSR count). The van der Waals surface area contributed by atoms with Crippen molar-refractivity contribution in [3.8, 4) is 0 Å². The molecule has 0 aliphatic rings. The molecule has 0 aromatic carbocycles. The average Bonchev–Trinajstić information content (AvgIpc) is 2.86. The van der Waals surface area contributed by atoms with Gasteiger partial charge in [0.05, 0.1) is 39.9 Å². The SMILES string of the molecule is CCCCCCCCCCCC(=O)NC(COP(=O)([O-])OCC[N+](C)(C)C)C(O)CCCCCCCCCC. The predicted molar refractivity (Wildman–Crippen MR) is 159 cm³/mol. The van der Waals surface area contributed by atoms with Crippen molar-refractivity contribution in [3.63, 3.8) is 0 Å². The van der Waals surface area contributed by atoms with Crippen LogP contribution < -0.4 is 10.2 Å². The van der Waals surface area contributed by atoms with Crippen LogP contribution in [0.1, 0.15) is 136 Å². The van der Waals surface area contributed by atoms with Gasteiger partial charge < -0.3 is 28.8 Å². The first-order valence-electron chi connectivity index (χ1n) is 15.9. The second kappa shape index (κ2) is 24.1. The molecule has 0 aliphatic carbocycles. The van der Waals surface area contributed by atoms with E-state index >= 15 is 0 Å². The molecule has 1 amide bonds. The lowest BCUT2D eigenvalue weighted by Gasteiger charge is -2.30. The number of nitrogens with one attached hydrogen (secondary N) is 1. The maximum absolute atomic E-state index is 12.6. The Labute approximate surface area is 240 Å². The van der Waals surface area contributed by atoms with Gasteiger partial charge in [-0.05, 0) is 12.8 Å². The molecule has 0 fully saturated rings. The van der Waals surface area contributed by atoms with Gasteiger partial charge in [0.15, 0.2) is 0 Å². The lowest BCUT2D eigenvalue weighted by Crippen LogP contribution is -2.46. The Morgan fingerprint density at radius 3 is 1.74 bits per heavy atom. The van der Waals surface area contributed by atoms with Gasteiger partial charge in [0, 0.05) is 6.42 Å². The first-order valence-corrected chi connectivity index (χ1v) is 17.3. The van der Waals surface area contributed by atoms with Crippen LogP contribution in [-0.2, 0) is 18.4 Å². The molecule has 9 heteroatoms.